The van der Waals surface area contributed by atoms with E-state index in [1.54, 1.807) is 11.3 Å². The zero-order valence-electron chi connectivity index (χ0n) is 61.8. The molecular formula is C102H63N10S2+. The largest absolute Gasteiger partial charge is 0.296 e. The number of rotatable bonds is 9. The number of imidazole rings is 2. The van der Waals surface area contributed by atoms with Crippen LogP contribution in [-0.4, -0.2) is 29.5 Å². The van der Waals surface area contributed by atoms with E-state index in [2.05, 4.69) is 277 Å². The summed E-state index contributed by atoms with van der Waals surface area (Å²) >= 11 is 3.04. The van der Waals surface area contributed by atoms with E-state index in [4.69, 9.17) is 19.9 Å². The van der Waals surface area contributed by atoms with Crippen molar-refractivity contribution in [3.63, 3.8) is 0 Å². The third kappa shape index (κ3) is 9.46. The van der Waals surface area contributed by atoms with E-state index in [0.717, 1.165) is 106 Å². The third-order valence-electron chi connectivity index (χ3n) is 23.9. The normalized spacial score (nSPS) is 14.7. The Morgan fingerprint density at radius 3 is 1.43 bits per heavy atom. The molecule has 12 heteroatoms. The van der Waals surface area contributed by atoms with E-state index >= 15 is 0 Å². The summed E-state index contributed by atoms with van der Waals surface area (Å²) < 4.78 is 6.75. The molecule has 0 radical (unpaired) electrons. The second-order valence-corrected chi connectivity index (χ2v) is 31.6. The maximum atomic E-state index is 10.9. The van der Waals surface area contributed by atoms with Crippen molar-refractivity contribution < 1.29 is 4.57 Å². The van der Waals surface area contributed by atoms with Gasteiger partial charge in [0, 0.05) is 55.4 Å². The van der Waals surface area contributed by atoms with Gasteiger partial charge in [-0.15, -0.1) is 22.7 Å². The highest BCUT2D eigenvalue weighted by Gasteiger charge is 2.54. The summed E-state index contributed by atoms with van der Waals surface area (Å²) in [6.07, 6.45) is 1.72. The second-order valence-electron chi connectivity index (χ2n) is 29.5. The van der Waals surface area contributed by atoms with Crippen molar-refractivity contribution >= 4 is 64.9 Å². The van der Waals surface area contributed by atoms with Gasteiger partial charge in [0.15, 0.2) is 28.5 Å². The van der Waals surface area contributed by atoms with Gasteiger partial charge in [0.2, 0.25) is 0 Å². The maximum Gasteiger partial charge on any atom is 0.260 e. The Bertz CT molecular complexity index is 7370. The molecule has 0 aliphatic heterocycles. The van der Waals surface area contributed by atoms with Gasteiger partial charge < -0.3 is 0 Å². The van der Waals surface area contributed by atoms with Gasteiger partial charge in [0.1, 0.15) is 33.4 Å². The van der Waals surface area contributed by atoms with E-state index in [1.165, 1.54) is 112 Å². The van der Waals surface area contributed by atoms with Gasteiger partial charge in [-0.05, 0) is 185 Å². The molecule has 14 aromatic carbocycles. The van der Waals surface area contributed by atoms with Crippen molar-refractivity contribution in [1.29, 1.82) is 15.8 Å². The van der Waals surface area contributed by atoms with Crippen LogP contribution in [0.3, 0.4) is 0 Å². The number of aromatic nitrogens is 7. The molecule has 114 heavy (non-hydrogen) atoms. The van der Waals surface area contributed by atoms with Crippen molar-refractivity contribution in [3.8, 4) is 131 Å². The van der Waals surface area contributed by atoms with E-state index < -0.39 is 10.8 Å². The summed E-state index contributed by atoms with van der Waals surface area (Å²) in [5.74, 6) is 3.83. The second kappa shape index (κ2) is 25.8. The Balaban J connectivity index is 0.000000139. The zero-order valence-corrected chi connectivity index (χ0v) is 63.4. The first-order valence-corrected chi connectivity index (χ1v) is 40.1. The van der Waals surface area contributed by atoms with Crippen LogP contribution in [0.15, 0.2) is 315 Å². The predicted octanol–water partition coefficient (Wildman–Crippen LogP) is 23.8. The minimum atomic E-state index is -0.593. The summed E-state index contributed by atoms with van der Waals surface area (Å²) in [5.41, 5.74) is 32.4. The summed E-state index contributed by atoms with van der Waals surface area (Å²) in [4.78, 5) is 25.2. The van der Waals surface area contributed by atoms with E-state index in [0.29, 0.717) is 32.8 Å². The minimum Gasteiger partial charge on any atom is -0.296 e. The van der Waals surface area contributed by atoms with Crippen LogP contribution in [-0.2, 0) is 23.7 Å². The van der Waals surface area contributed by atoms with Gasteiger partial charge in [0.05, 0.1) is 39.1 Å². The average Bonchev–Trinajstić information content (AvgIpc) is 1.50. The van der Waals surface area contributed by atoms with Crippen LogP contribution in [0.25, 0.3) is 155 Å². The van der Waals surface area contributed by atoms with Gasteiger partial charge in [-0.25, -0.2) is 24.9 Å². The highest BCUT2D eigenvalue weighted by molar-refractivity contribution is 7.20. The number of thiophene rings is 2. The summed E-state index contributed by atoms with van der Waals surface area (Å²) in [6.45, 7) is 4.35. The molecule has 0 saturated heterocycles. The average molecular weight is 1490 g/mol. The number of nitriles is 3. The van der Waals surface area contributed by atoms with Crippen LogP contribution in [0.4, 0.5) is 0 Å². The summed E-state index contributed by atoms with van der Waals surface area (Å²) in [5, 5.41) is 32.9. The highest BCUT2D eigenvalue weighted by atomic mass is 32.1. The van der Waals surface area contributed by atoms with Crippen molar-refractivity contribution in [3.05, 3.63) is 387 Å². The number of aryl methyl sites for hydroxylation is 2. The number of aromatic amines is 1. The molecule has 0 bridgehead atoms. The molecule has 4 aliphatic rings. The molecule has 1 N–H and O–H groups in total. The molecule has 0 saturated carbocycles. The molecule has 0 fully saturated rings. The number of nitrogens with zero attached hydrogens (tertiary/aromatic N) is 9. The number of hydrogen-bond acceptors (Lipinski definition) is 9. The smallest absolute Gasteiger partial charge is 0.260 e. The molecule has 0 amide bonds. The van der Waals surface area contributed by atoms with Gasteiger partial charge in [-0.1, -0.05) is 250 Å². The lowest BCUT2D eigenvalue weighted by atomic mass is 9.70. The monoisotopic (exact) mass is 1490 g/mol. The third-order valence-corrected chi connectivity index (χ3v) is 26.0. The van der Waals surface area contributed by atoms with Crippen LogP contribution in [0.1, 0.15) is 85.3 Å². The van der Waals surface area contributed by atoms with Crippen LogP contribution in [0.5, 0.6) is 0 Å². The number of H-pyrrole nitrogens is 1. The SMILES string of the molecule is CCc1[nH]c2ccccc2[n+]1-c1ccc(-c2ccc3c(c2)-c2ccccc2C32c3ccccc3-c3c2ccc2sc(C#N)c(-c4ccc(C#N)cc4)c32)cc1.CCc1nc2ccccc2n1-c1ccc2c(c1)-c1ccccc1C21c2ccccc2-c2c1ccc1sc(C#N)c(-c3nc(-c4ccccc4)nc(-c4ccccc4)n3)c21. The Labute approximate surface area is 665 Å². The Kier molecular flexibility index (Phi) is 15.0. The Morgan fingerprint density at radius 1 is 0.368 bits per heavy atom. The Hall–Kier alpha value is -14.6. The number of nitrogens with one attached hydrogen (secondary N) is 1. The summed E-state index contributed by atoms with van der Waals surface area (Å²) in [6, 6.07) is 119. The standard InChI is InChI=1S/C52H32N6S.C50H30N4S/c1-2-45-54-41-23-13-14-24-42(41)58(45)33-25-26-39-36(29-33)34-19-9-11-21-37(34)52(39)38-22-12-10-20-35(38)46-40(52)27-28-43-47(46)48(44(30-53)59-43)51-56-49(31-15-5-3-6-16-31)55-50(57-51)32-17-7-4-8-18-32;1-2-46-53-42-13-7-8-14-43(42)54(46)34-22-19-31(20-23-34)33-21-24-40-37(27-33)35-9-3-5-11-38(35)50(40)39-12-6-4-10-36(39)48-41(50)25-26-44-49(48)47(45(29-52)55-44)32-17-15-30(28-51)16-18-32/h3-29H,2H2,1H3;3-27H,2H2,1H3/p+1. The zero-order chi connectivity index (χ0) is 76.1. The Morgan fingerprint density at radius 2 is 0.842 bits per heavy atom. The lowest BCUT2D eigenvalue weighted by molar-refractivity contribution is -0.576. The minimum absolute atomic E-state index is 0.489. The molecule has 5 heterocycles. The van der Waals surface area contributed by atoms with Crippen LogP contribution in [0, 0.1) is 34.0 Å². The predicted molar refractivity (Wildman–Crippen MR) is 458 cm³/mol. The van der Waals surface area contributed by atoms with Crippen molar-refractivity contribution in [1.82, 2.24) is 29.5 Å². The first-order chi connectivity index (χ1) is 56.3. The summed E-state index contributed by atoms with van der Waals surface area (Å²) in [7, 11) is 0. The first kappa shape index (κ1) is 66.4. The van der Waals surface area contributed by atoms with Gasteiger partial charge >= 0.3 is 0 Å². The molecule has 23 rings (SSSR count). The molecule has 2 unspecified atom stereocenters. The molecule has 19 aromatic rings. The van der Waals surface area contributed by atoms with Gasteiger partial charge in [-0.3, -0.25) is 4.57 Å². The number of para-hydroxylation sites is 4. The molecule has 2 atom stereocenters. The van der Waals surface area contributed by atoms with Crippen molar-refractivity contribution in [2.45, 2.75) is 37.5 Å². The van der Waals surface area contributed by atoms with Gasteiger partial charge in [0.25, 0.3) is 5.82 Å². The molecule has 10 nitrogen and oxygen atoms in total. The quantitative estimate of drug-likeness (QED) is 0.142. The van der Waals surface area contributed by atoms with Crippen LogP contribution < -0.4 is 4.57 Å². The maximum absolute atomic E-state index is 10.9. The van der Waals surface area contributed by atoms with E-state index in [-0.39, 0.29) is 0 Å². The van der Waals surface area contributed by atoms with Crippen molar-refractivity contribution in [2.75, 3.05) is 0 Å². The fourth-order valence-corrected chi connectivity index (χ4v) is 21.3. The fourth-order valence-electron chi connectivity index (χ4n) is 19.3. The topological polar surface area (TPSA) is 148 Å². The van der Waals surface area contributed by atoms with Gasteiger partial charge in [-0.2, -0.15) is 20.4 Å². The number of benzene rings is 14. The van der Waals surface area contributed by atoms with E-state index in [9.17, 15) is 15.8 Å². The molecular weight excluding hydrogens is 1430 g/mol. The number of hydrogen-bond donors (Lipinski definition) is 1. The molecule has 2 spiro atoms. The first-order valence-electron chi connectivity index (χ1n) is 38.5. The number of fused-ring (bicyclic) bond motifs is 26. The van der Waals surface area contributed by atoms with Crippen LogP contribution >= 0.6 is 22.7 Å². The molecule has 532 valence electrons. The van der Waals surface area contributed by atoms with Crippen molar-refractivity contribution in [2.24, 2.45) is 0 Å². The highest BCUT2D eigenvalue weighted by Crippen LogP contribution is 2.67. The lowest BCUT2D eigenvalue weighted by Crippen LogP contribution is -2.33. The lowest BCUT2D eigenvalue weighted by Gasteiger charge is -2.30. The fraction of sp³-hybridized carbons (Fsp3) is 0.0588. The molecule has 5 aromatic heterocycles. The molecule has 4 aliphatic carbocycles. The van der Waals surface area contributed by atoms with E-state index in [1.807, 2.05) is 84.9 Å². The van der Waals surface area contributed by atoms with Crippen LogP contribution in [0.2, 0.25) is 0 Å².